The number of fused-ring (bicyclic) bond motifs is 1. The van der Waals surface area contributed by atoms with Crippen LogP contribution in [0, 0.1) is 18.9 Å². The van der Waals surface area contributed by atoms with Crippen LogP contribution in [0.15, 0.2) is 65.6 Å². The third-order valence-corrected chi connectivity index (χ3v) is 6.97. The largest absolute Gasteiger partial charge is 0.416 e. The lowest BCUT2D eigenvalue weighted by molar-refractivity contribution is -0.138. The normalized spacial score (nSPS) is 17.5. The fourth-order valence-electron chi connectivity index (χ4n) is 4.63. The minimum absolute atomic E-state index is 0.0918. The Kier molecular flexibility index (Phi) is 7.46. The molecule has 3 aliphatic heterocycles. The van der Waals surface area contributed by atoms with E-state index in [0.717, 1.165) is 36.3 Å². The average molecular weight is 535 g/mol. The highest BCUT2D eigenvalue weighted by Gasteiger charge is 2.34. The molecule has 0 radical (unpaired) electrons. The van der Waals surface area contributed by atoms with Gasteiger partial charge in [-0.05, 0) is 61.4 Å². The van der Waals surface area contributed by atoms with Crippen molar-refractivity contribution in [3.8, 4) is 12.0 Å². The maximum Gasteiger partial charge on any atom is 0.416 e. The van der Waals surface area contributed by atoms with Crippen LogP contribution in [0.25, 0.3) is 0 Å². The molecule has 0 aromatic heterocycles. The molecule has 202 valence electrons. The van der Waals surface area contributed by atoms with E-state index in [9.17, 15) is 18.0 Å². The number of rotatable bonds is 4. The van der Waals surface area contributed by atoms with Gasteiger partial charge in [0.1, 0.15) is 0 Å². The highest BCUT2D eigenvalue weighted by atomic mass is 19.4. The third-order valence-electron chi connectivity index (χ3n) is 6.97. The number of piperazine rings is 1. The molecule has 39 heavy (non-hydrogen) atoms. The molecule has 0 bridgehead atoms. The Labute approximate surface area is 225 Å². The molecular weight excluding hydrogens is 505 g/mol. The molecule has 0 unspecified atom stereocenters. The molecule has 2 aromatic rings. The first-order chi connectivity index (χ1) is 18.7. The van der Waals surface area contributed by atoms with E-state index in [1.807, 2.05) is 24.9 Å². The van der Waals surface area contributed by atoms with E-state index in [4.69, 9.17) is 0 Å². The minimum Gasteiger partial charge on any atom is -0.357 e. The van der Waals surface area contributed by atoms with Crippen molar-refractivity contribution in [1.82, 2.24) is 20.0 Å². The number of aryl methyl sites for hydroxylation is 1. The monoisotopic (exact) mass is 534 g/mol. The smallest absolute Gasteiger partial charge is 0.357 e. The molecule has 3 heterocycles. The summed E-state index contributed by atoms with van der Waals surface area (Å²) in [5.41, 5.74) is 2.28. The van der Waals surface area contributed by atoms with Crippen molar-refractivity contribution in [3.63, 3.8) is 0 Å². The third kappa shape index (κ3) is 6.16. The van der Waals surface area contributed by atoms with Crippen LogP contribution in [0.4, 0.5) is 18.9 Å². The second-order valence-corrected chi connectivity index (χ2v) is 9.81. The minimum atomic E-state index is -4.53. The van der Waals surface area contributed by atoms with Gasteiger partial charge >= 0.3 is 6.18 Å². The lowest BCUT2D eigenvalue weighted by atomic mass is 10.0. The van der Waals surface area contributed by atoms with Crippen molar-refractivity contribution in [2.24, 2.45) is 4.99 Å². The Morgan fingerprint density at radius 1 is 1.13 bits per heavy atom. The predicted octanol–water partition coefficient (Wildman–Crippen LogP) is 3.99. The van der Waals surface area contributed by atoms with Gasteiger partial charge in [0.15, 0.2) is 5.84 Å². The van der Waals surface area contributed by atoms with Gasteiger partial charge in [-0.2, -0.15) is 13.2 Å². The summed E-state index contributed by atoms with van der Waals surface area (Å²) in [5, 5.41) is 5.75. The molecular formula is C29H29F3N6O. The predicted molar refractivity (Wildman–Crippen MR) is 145 cm³/mol. The van der Waals surface area contributed by atoms with Crippen molar-refractivity contribution in [3.05, 3.63) is 88.4 Å². The molecule has 0 spiro atoms. The molecule has 0 aliphatic carbocycles. The van der Waals surface area contributed by atoms with Gasteiger partial charge in [-0.25, -0.2) is 4.99 Å². The summed E-state index contributed by atoms with van der Waals surface area (Å²) in [4.78, 5) is 23.3. The molecule has 10 heteroatoms. The van der Waals surface area contributed by atoms with E-state index in [1.165, 1.54) is 12.1 Å². The van der Waals surface area contributed by atoms with Gasteiger partial charge in [0.2, 0.25) is 0 Å². The molecule has 0 atom stereocenters. The van der Waals surface area contributed by atoms with Gasteiger partial charge in [0.05, 0.1) is 17.8 Å². The summed E-state index contributed by atoms with van der Waals surface area (Å²) in [6.45, 7) is 5.74. The number of nitrogens with one attached hydrogen (secondary N) is 2. The Morgan fingerprint density at radius 3 is 2.69 bits per heavy atom. The number of aliphatic imine (C=N–C) groups is 1. The average Bonchev–Trinajstić information content (AvgIpc) is 3.33. The molecule has 7 nitrogen and oxygen atoms in total. The zero-order valence-corrected chi connectivity index (χ0v) is 21.8. The highest BCUT2D eigenvalue weighted by Crippen LogP contribution is 2.34. The lowest BCUT2D eigenvalue weighted by Crippen LogP contribution is -2.44. The van der Waals surface area contributed by atoms with Crippen molar-refractivity contribution in [2.75, 3.05) is 45.1 Å². The van der Waals surface area contributed by atoms with Gasteiger partial charge in [0.25, 0.3) is 5.91 Å². The number of carbonyl (C=O) groups is 1. The number of halogens is 3. The van der Waals surface area contributed by atoms with Crippen LogP contribution in [0.5, 0.6) is 0 Å². The van der Waals surface area contributed by atoms with Gasteiger partial charge in [-0.15, -0.1) is 0 Å². The van der Waals surface area contributed by atoms with E-state index in [2.05, 4.69) is 32.5 Å². The van der Waals surface area contributed by atoms with Crippen LogP contribution in [0.1, 0.15) is 32.6 Å². The topological polar surface area (TPSA) is 63.2 Å². The van der Waals surface area contributed by atoms with E-state index >= 15 is 0 Å². The highest BCUT2D eigenvalue weighted by molar-refractivity contribution is 6.04. The molecule has 3 aliphatic rings. The Bertz CT molecular complexity index is 1420. The summed E-state index contributed by atoms with van der Waals surface area (Å²) >= 11 is 0. The number of alkyl halides is 3. The first kappa shape index (κ1) is 26.5. The number of amidine groups is 1. The Morgan fingerprint density at radius 2 is 1.92 bits per heavy atom. The maximum absolute atomic E-state index is 13.9. The number of anilines is 1. The standard InChI is InChI=1S/C29H29F3N6O/c1-20-3-4-22(17-21(20)7-11-38-12-8-26-27(38)34-10-9-33-26)28(39)35-24-6-5-23(25(18-24)29(30,31)32)19-37-15-13-36(2)14-16-37/h3-6,8-10,17-18,33H,12-16,19H2,1-2H3,(H,35,39). The van der Waals surface area contributed by atoms with E-state index in [-0.39, 0.29) is 17.8 Å². The number of amides is 1. The quantitative estimate of drug-likeness (QED) is 0.581. The molecule has 2 aromatic carbocycles. The Balaban J connectivity index is 1.31. The molecule has 1 fully saturated rings. The summed E-state index contributed by atoms with van der Waals surface area (Å²) in [6.07, 6.45) is 0.857. The first-order valence-corrected chi connectivity index (χ1v) is 12.7. The second kappa shape index (κ2) is 11.0. The number of nitrogens with zero attached hydrogens (tertiary/aromatic N) is 4. The lowest BCUT2D eigenvalue weighted by Gasteiger charge is -2.33. The number of hydrogen-bond acceptors (Lipinski definition) is 6. The van der Waals surface area contributed by atoms with E-state index in [0.29, 0.717) is 30.8 Å². The zero-order chi connectivity index (χ0) is 27.6. The zero-order valence-electron chi connectivity index (χ0n) is 21.8. The van der Waals surface area contributed by atoms with E-state index in [1.54, 1.807) is 35.5 Å². The molecule has 1 saturated heterocycles. The molecule has 2 N–H and O–H groups in total. The fraction of sp³-hybridized carbons (Fsp3) is 0.310. The van der Waals surface area contributed by atoms with Crippen LogP contribution in [0.2, 0.25) is 0 Å². The van der Waals surface area contributed by atoms with Gasteiger partial charge in [-0.1, -0.05) is 12.1 Å². The summed E-state index contributed by atoms with van der Waals surface area (Å²) < 4.78 is 41.8. The van der Waals surface area contributed by atoms with Gasteiger partial charge in [0, 0.05) is 68.0 Å². The van der Waals surface area contributed by atoms with Crippen LogP contribution in [0.3, 0.4) is 0 Å². The van der Waals surface area contributed by atoms with Gasteiger partial charge in [-0.3, -0.25) is 14.6 Å². The number of carbonyl (C=O) groups excluding carboxylic acids is 1. The first-order valence-electron chi connectivity index (χ1n) is 12.7. The van der Waals surface area contributed by atoms with Crippen molar-refractivity contribution in [1.29, 1.82) is 0 Å². The van der Waals surface area contributed by atoms with Crippen LogP contribution >= 0.6 is 0 Å². The second-order valence-electron chi connectivity index (χ2n) is 9.81. The number of benzene rings is 2. The summed E-state index contributed by atoms with van der Waals surface area (Å²) in [5.74, 6) is 3.32. The molecule has 0 saturated carbocycles. The van der Waals surface area contributed by atoms with Crippen LogP contribution < -0.4 is 10.6 Å². The Hall–Kier alpha value is -4.07. The van der Waals surface area contributed by atoms with Crippen LogP contribution in [-0.4, -0.2) is 66.2 Å². The van der Waals surface area contributed by atoms with Crippen LogP contribution in [-0.2, 0) is 12.7 Å². The van der Waals surface area contributed by atoms with E-state index < -0.39 is 17.6 Å². The van der Waals surface area contributed by atoms with Gasteiger partial charge < -0.3 is 15.5 Å². The number of hydrogen-bond donors (Lipinski definition) is 2. The van der Waals surface area contributed by atoms with Crippen molar-refractivity contribution < 1.29 is 18.0 Å². The fourth-order valence-corrected chi connectivity index (χ4v) is 4.63. The molecule has 5 rings (SSSR count). The summed E-state index contributed by atoms with van der Waals surface area (Å²) in [7, 11) is 2.00. The summed E-state index contributed by atoms with van der Waals surface area (Å²) in [6, 6.07) is 12.1. The van der Waals surface area contributed by atoms with Crippen molar-refractivity contribution >= 4 is 17.4 Å². The molecule has 1 amide bonds. The maximum atomic E-state index is 13.9. The van der Waals surface area contributed by atoms with Crippen molar-refractivity contribution in [2.45, 2.75) is 19.6 Å². The SMILES string of the molecule is Cc1ccc(C(=O)Nc2ccc(CN3CCN(C)CC3)c(C(F)(F)F)c2)cc1C#CN1CC=C2NC=CN=C21. The number of likely N-dealkylation sites (N-methyl/N-ethyl adjacent to an activating group) is 1.